The van der Waals surface area contributed by atoms with Crippen LogP contribution < -0.4 is 10.6 Å². The highest BCUT2D eigenvalue weighted by Crippen LogP contribution is 2.14. The summed E-state index contributed by atoms with van der Waals surface area (Å²) in [6, 6.07) is 0.372. The van der Waals surface area contributed by atoms with E-state index in [2.05, 4.69) is 10.6 Å². The molecule has 0 aromatic carbocycles. The van der Waals surface area contributed by atoms with Gasteiger partial charge in [0.15, 0.2) is 0 Å². The van der Waals surface area contributed by atoms with Gasteiger partial charge in [-0.05, 0) is 6.54 Å². The van der Waals surface area contributed by atoms with Gasteiger partial charge in [-0.15, -0.1) is 0 Å². The molecular formula is C10H18N2O3. The second-order valence-corrected chi connectivity index (χ2v) is 4.05. The van der Waals surface area contributed by atoms with E-state index < -0.39 is 0 Å². The van der Waals surface area contributed by atoms with Crippen molar-refractivity contribution in [3.63, 3.8) is 0 Å². The molecule has 15 heavy (non-hydrogen) atoms. The van der Waals surface area contributed by atoms with Gasteiger partial charge in [-0.3, -0.25) is 4.79 Å². The van der Waals surface area contributed by atoms with Crippen molar-refractivity contribution in [3.05, 3.63) is 0 Å². The molecule has 2 fully saturated rings. The third-order valence-electron chi connectivity index (χ3n) is 2.87. The third kappa shape index (κ3) is 2.48. The molecule has 2 aliphatic rings. The largest absolute Gasteiger partial charge is 0.379 e. The molecule has 0 aromatic rings. The van der Waals surface area contributed by atoms with Crippen molar-refractivity contribution in [1.82, 2.24) is 10.6 Å². The van der Waals surface area contributed by atoms with E-state index >= 15 is 0 Å². The zero-order valence-electron chi connectivity index (χ0n) is 8.99. The molecule has 0 radical (unpaired) electrons. The summed E-state index contributed by atoms with van der Waals surface area (Å²) in [6.07, 6.45) is 0. The predicted octanol–water partition coefficient (Wildman–Crippen LogP) is -0.874. The van der Waals surface area contributed by atoms with Crippen LogP contribution in [0.2, 0.25) is 0 Å². The number of carbonyl (C=O) groups excluding carboxylic acids is 1. The maximum atomic E-state index is 11.8. The Labute approximate surface area is 89.5 Å². The van der Waals surface area contributed by atoms with Crippen molar-refractivity contribution in [1.29, 1.82) is 0 Å². The molecular weight excluding hydrogens is 196 g/mol. The quantitative estimate of drug-likeness (QED) is 0.638. The van der Waals surface area contributed by atoms with Gasteiger partial charge in [-0.25, -0.2) is 0 Å². The number of hydrogen-bond donors (Lipinski definition) is 2. The van der Waals surface area contributed by atoms with Crippen LogP contribution in [0.1, 0.15) is 6.92 Å². The Kier molecular flexibility index (Phi) is 3.56. The summed E-state index contributed by atoms with van der Waals surface area (Å²) >= 11 is 0. The molecule has 86 valence electrons. The summed E-state index contributed by atoms with van der Waals surface area (Å²) in [7, 11) is 0. The molecule has 2 rings (SSSR count). The molecule has 0 spiro atoms. The van der Waals surface area contributed by atoms with Crippen LogP contribution in [0, 0.1) is 5.92 Å². The second-order valence-electron chi connectivity index (χ2n) is 4.05. The number of carbonyl (C=O) groups is 1. The first-order valence-corrected chi connectivity index (χ1v) is 5.50. The van der Waals surface area contributed by atoms with E-state index in [1.165, 1.54) is 0 Å². The Bertz CT molecular complexity index is 231. The maximum Gasteiger partial charge on any atom is 0.227 e. The highest BCUT2D eigenvalue weighted by molar-refractivity contribution is 5.80. The fourth-order valence-electron chi connectivity index (χ4n) is 1.90. The van der Waals surface area contributed by atoms with E-state index in [9.17, 15) is 4.79 Å². The van der Waals surface area contributed by atoms with E-state index in [0.717, 1.165) is 6.54 Å². The van der Waals surface area contributed by atoms with Crippen LogP contribution >= 0.6 is 0 Å². The SMILES string of the molecule is CCNC1COCC1C(=O)NC1COC1. The summed E-state index contributed by atoms with van der Waals surface area (Å²) < 4.78 is 10.3. The van der Waals surface area contributed by atoms with Crippen molar-refractivity contribution in [2.45, 2.75) is 19.0 Å². The monoisotopic (exact) mass is 214 g/mol. The summed E-state index contributed by atoms with van der Waals surface area (Å²) in [4.78, 5) is 11.8. The lowest BCUT2D eigenvalue weighted by atomic mass is 10.0. The second kappa shape index (κ2) is 4.92. The molecule has 0 aliphatic carbocycles. The van der Waals surface area contributed by atoms with E-state index in [1.54, 1.807) is 0 Å². The average molecular weight is 214 g/mol. The van der Waals surface area contributed by atoms with Gasteiger partial charge in [0.2, 0.25) is 5.91 Å². The van der Waals surface area contributed by atoms with Crippen molar-refractivity contribution >= 4 is 5.91 Å². The van der Waals surface area contributed by atoms with E-state index in [1.807, 2.05) is 6.92 Å². The minimum absolute atomic E-state index is 0.0504. The first-order chi connectivity index (χ1) is 7.31. The maximum absolute atomic E-state index is 11.8. The first kappa shape index (κ1) is 10.9. The van der Waals surface area contributed by atoms with Crippen LogP contribution in [0.5, 0.6) is 0 Å². The van der Waals surface area contributed by atoms with Crippen LogP contribution in [0.25, 0.3) is 0 Å². The molecule has 0 bridgehead atoms. The van der Waals surface area contributed by atoms with Crippen LogP contribution in [-0.4, -0.2) is 51.0 Å². The van der Waals surface area contributed by atoms with Gasteiger partial charge in [0.1, 0.15) is 0 Å². The number of ether oxygens (including phenoxy) is 2. The topological polar surface area (TPSA) is 59.6 Å². The van der Waals surface area contributed by atoms with Crippen molar-refractivity contribution in [2.75, 3.05) is 33.0 Å². The lowest BCUT2D eigenvalue weighted by molar-refractivity contribution is -0.129. The van der Waals surface area contributed by atoms with E-state index in [-0.39, 0.29) is 23.9 Å². The Balaban J connectivity index is 1.81. The minimum atomic E-state index is -0.0504. The standard InChI is InChI=1S/C10H18N2O3/c1-2-11-9-6-15-5-8(9)10(13)12-7-3-14-4-7/h7-9,11H,2-6H2,1H3,(H,12,13). The third-order valence-corrected chi connectivity index (χ3v) is 2.87. The highest BCUT2D eigenvalue weighted by Gasteiger charge is 2.35. The number of rotatable bonds is 4. The molecule has 5 nitrogen and oxygen atoms in total. The zero-order chi connectivity index (χ0) is 10.7. The van der Waals surface area contributed by atoms with Crippen molar-refractivity contribution < 1.29 is 14.3 Å². The lowest BCUT2D eigenvalue weighted by Crippen LogP contribution is -2.53. The first-order valence-electron chi connectivity index (χ1n) is 5.50. The molecule has 2 saturated heterocycles. The van der Waals surface area contributed by atoms with Crippen LogP contribution in [0.4, 0.5) is 0 Å². The van der Waals surface area contributed by atoms with Crippen LogP contribution in [-0.2, 0) is 14.3 Å². The summed E-state index contributed by atoms with van der Waals surface area (Å²) in [5, 5.41) is 6.23. The zero-order valence-corrected chi connectivity index (χ0v) is 8.99. The van der Waals surface area contributed by atoms with Gasteiger partial charge >= 0.3 is 0 Å². The van der Waals surface area contributed by atoms with Gasteiger partial charge in [0, 0.05) is 6.04 Å². The van der Waals surface area contributed by atoms with Crippen molar-refractivity contribution in [2.24, 2.45) is 5.92 Å². The fraction of sp³-hybridized carbons (Fsp3) is 0.900. The number of likely N-dealkylation sites (N-methyl/N-ethyl adjacent to an activating group) is 1. The Morgan fingerprint density at radius 1 is 1.27 bits per heavy atom. The van der Waals surface area contributed by atoms with Gasteiger partial charge in [0.05, 0.1) is 38.4 Å². The van der Waals surface area contributed by atoms with Crippen LogP contribution in [0.15, 0.2) is 0 Å². The summed E-state index contributed by atoms with van der Waals surface area (Å²) in [5.74, 6) is 0.0392. The minimum Gasteiger partial charge on any atom is -0.379 e. The highest BCUT2D eigenvalue weighted by atomic mass is 16.5. The number of hydrogen-bond acceptors (Lipinski definition) is 4. The average Bonchev–Trinajstić information content (AvgIpc) is 2.60. The Morgan fingerprint density at radius 2 is 2.00 bits per heavy atom. The van der Waals surface area contributed by atoms with Crippen molar-refractivity contribution in [3.8, 4) is 0 Å². The lowest BCUT2D eigenvalue weighted by Gasteiger charge is -2.28. The number of amides is 1. The molecule has 2 N–H and O–H groups in total. The molecule has 2 aliphatic heterocycles. The fourth-order valence-corrected chi connectivity index (χ4v) is 1.90. The summed E-state index contributed by atoms with van der Waals surface area (Å²) in [6.45, 7) is 5.35. The Morgan fingerprint density at radius 3 is 2.60 bits per heavy atom. The molecule has 0 saturated carbocycles. The molecule has 2 atom stereocenters. The Hall–Kier alpha value is -0.650. The molecule has 2 unspecified atom stereocenters. The normalized spacial score (nSPS) is 31.3. The van der Waals surface area contributed by atoms with Gasteiger partial charge in [-0.1, -0.05) is 6.92 Å². The van der Waals surface area contributed by atoms with Gasteiger partial charge in [-0.2, -0.15) is 0 Å². The number of nitrogens with one attached hydrogen (secondary N) is 2. The predicted molar refractivity (Wildman–Crippen MR) is 54.5 cm³/mol. The molecule has 2 heterocycles. The van der Waals surface area contributed by atoms with E-state index in [0.29, 0.717) is 26.4 Å². The van der Waals surface area contributed by atoms with Gasteiger partial charge < -0.3 is 20.1 Å². The van der Waals surface area contributed by atoms with Gasteiger partial charge in [0.25, 0.3) is 0 Å². The molecule has 5 heteroatoms. The summed E-state index contributed by atoms with van der Waals surface area (Å²) in [5.41, 5.74) is 0. The smallest absolute Gasteiger partial charge is 0.227 e. The molecule has 0 aromatic heterocycles. The van der Waals surface area contributed by atoms with Crippen LogP contribution in [0.3, 0.4) is 0 Å². The van der Waals surface area contributed by atoms with E-state index in [4.69, 9.17) is 9.47 Å². The molecule has 1 amide bonds.